The third-order valence-electron chi connectivity index (χ3n) is 2.16. The summed E-state index contributed by atoms with van der Waals surface area (Å²) in [6.07, 6.45) is 1.86. The number of H-pyrrole nitrogens is 1. The highest BCUT2D eigenvalue weighted by atomic mass is 16.5. The van der Waals surface area contributed by atoms with Crippen molar-refractivity contribution in [2.75, 3.05) is 31.2 Å². The topological polar surface area (TPSA) is 52.1 Å². The van der Waals surface area contributed by atoms with Crippen LogP contribution in [0.1, 0.15) is 5.69 Å². The zero-order valence-corrected chi connectivity index (χ0v) is 7.29. The second kappa shape index (κ2) is 3.50. The second-order valence-electron chi connectivity index (χ2n) is 2.98. The van der Waals surface area contributed by atoms with E-state index >= 15 is 0 Å². The average Bonchev–Trinajstić information content (AvgIpc) is 2.67. The molecule has 1 saturated heterocycles. The lowest BCUT2D eigenvalue weighted by Crippen LogP contribution is -2.35. The number of ether oxygens (including phenoxy) is 1. The highest BCUT2D eigenvalue weighted by molar-refractivity contribution is 5.49. The average molecular weight is 177 g/mol. The van der Waals surface area contributed by atoms with Gasteiger partial charge in [0.05, 0.1) is 18.9 Å². The first-order valence-electron chi connectivity index (χ1n) is 4.31. The summed E-state index contributed by atoms with van der Waals surface area (Å²) in [4.78, 5) is 5.12. The Morgan fingerprint density at radius 3 is 2.85 bits per heavy atom. The predicted octanol–water partition coefficient (Wildman–Crippen LogP) is 0.723. The Morgan fingerprint density at radius 2 is 2.23 bits per heavy atom. The fourth-order valence-corrected chi connectivity index (χ4v) is 1.45. The normalized spacial score (nSPS) is 17.0. The molecule has 4 nitrogen and oxygen atoms in total. The highest BCUT2D eigenvalue weighted by Gasteiger charge is 2.11. The Labute approximate surface area is 76.7 Å². The summed E-state index contributed by atoms with van der Waals surface area (Å²) < 4.78 is 5.24. The number of nitrogens with one attached hydrogen (secondary N) is 1. The zero-order chi connectivity index (χ0) is 9.10. The van der Waals surface area contributed by atoms with Gasteiger partial charge in [-0.2, -0.15) is 5.26 Å². The molecular formula is C9H11N3O. The van der Waals surface area contributed by atoms with Crippen molar-refractivity contribution in [1.82, 2.24) is 4.98 Å². The molecule has 2 heterocycles. The molecule has 1 N–H and O–H groups in total. The van der Waals surface area contributed by atoms with Crippen LogP contribution in [-0.4, -0.2) is 31.3 Å². The lowest BCUT2D eigenvalue weighted by atomic mass is 10.3. The highest BCUT2D eigenvalue weighted by Crippen LogP contribution is 2.16. The maximum Gasteiger partial charge on any atom is 0.119 e. The van der Waals surface area contributed by atoms with Gasteiger partial charge in [-0.1, -0.05) is 0 Å². The van der Waals surface area contributed by atoms with Gasteiger partial charge < -0.3 is 14.6 Å². The zero-order valence-electron chi connectivity index (χ0n) is 7.29. The molecule has 0 radical (unpaired) electrons. The van der Waals surface area contributed by atoms with Gasteiger partial charge in [0.15, 0.2) is 0 Å². The van der Waals surface area contributed by atoms with Crippen molar-refractivity contribution < 1.29 is 4.74 Å². The Morgan fingerprint density at radius 1 is 1.46 bits per heavy atom. The standard InChI is InChI=1S/C9H11N3O/c10-6-8-5-9(7-11-8)12-1-3-13-4-2-12/h5,7,11H,1-4H2. The van der Waals surface area contributed by atoms with Crippen LogP contribution in [0.2, 0.25) is 0 Å². The van der Waals surface area contributed by atoms with Crippen molar-refractivity contribution in [2.24, 2.45) is 0 Å². The Hall–Kier alpha value is -1.47. The SMILES string of the molecule is N#Cc1cc(N2CCOCC2)c[nH]1. The van der Waals surface area contributed by atoms with E-state index in [1.54, 1.807) is 0 Å². The molecule has 0 aliphatic carbocycles. The van der Waals surface area contributed by atoms with Crippen LogP contribution in [0.4, 0.5) is 5.69 Å². The fraction of sp³-hybridized carbons (Fsp3) is 0.444. The molecule has 0 amide bonds. The van der Waals surface area contributed by atoms with Gasteiger partial charge in [0.25, 0.3) is 0 Å². The summed E-state index contributed by atoms with van der Waals surface area (Å²) in [5, 5.41) is 8.62. The summed E-state index contributed by atoms with van der Waals surface area (Å²) in [5.41, 5.74) is 1.70. The van der Waals surface area contributed by atoms with Crippen LogP contribution in [0, 0.1) is 11.3 Å². The first-order chi connectivity index (χ1) is 6.40. The van der Waals surface area contributed by atoms with Gasteiger partial charge >= 0.3 is 0 Å². The Balaban J connectivity index is 2.11. The number of rotatable bonds is 1. The number of hydrogen-bond donors (Lipinski definition) is 1. The molecular weight excluding hydrogens is 166 g/mol. The predicted molar refractivity (Wildman–Crippen MR) is 48.5 cm³/mol. The fourth-order valence-electron chi connectivity index (χ4n) is 1.45. The molecule has 0 saturated carbocycles. The first-order valence-corrected chi connectivity index (χ1v) is 4.31. The maximum absolute atomic E-state index is 8.62. The van der Waals surface area contributed by atoms with E-state index in [9.17, 15) is 0 Å². The van der Waals surface area contributed by atoms with Crippen molar-refractivity contribution in [2.45, 2.75) is 0 Å². The number of nitrogens with zero attached hydrogens (tertiary/aromatic N) is 2. The smallest absolute Gasteiger partial charge is 0.119 e. The molecule has 0 bridgehead atoms. The minimum Gasteiger partial charge on any atom is -0.378 e. The van der Waals surface area contributed by atoms with E-state index in [0.717, 1.165) is 32.0 Å². The Kier molecular flexibility index (Phi) is 2.19. The molecule has 2 rings (SSSR count). The van der Waals surface area contributed by atoms with Crippen LogP contribution in [0.3, 0.4) is 0 Å². The number of aromatic nitrogens is 1. The van der Waals surface area contributed by atoms with Crippen LogP contribution in [0.25, 0.3) is 0 Å². The summed E-state index contributed by atoms with van der Waals surface area (Å²) in [7, 11) is 0. The van der Waals surface area contributed by atoms with Crippen LogP contribution >= 0.6 is 0 Å². The van der Waals surface area contributed by atoms with Gasteiger partial charge in [-0.3, -0.25) is 0 Å². The third kappa shape index (κ3) is 1.65. The Bertz CT molecular complexity index is 320. The van der Waals surface area contributed by atoms with Crippen molar-refractivity contribution in [3.63, 3.8) is 0 Å². The minimum atomic E-state index is 0.612. The van der Waals surface area contributed by atoms with E-state index < -0.39 is 0 Å². The van der Waals surface area contributed by atoms with Gasteiger partial charge in [0.1, 0.15) is 11.8 Å². The molecule has 68 valence electrons. The summed E-state index contributed by atoms with van der Waals surface area (Å²) in [5.74, 6) is 0. The van der Waals surface area contributed by atoms with E-state index in [1.807, 2.05) is 12.3 Å². The molecule has 1 aliphatic heterocycles. The number of aromatic amines is 1. The summed E-state index contributed by atoms with van der Waals surface area (Å²) in [6.45, 7) is 3.35. The molecule has 0 atom stereocenters. The lowest BCUT2D eigenvalue weighted by molar-refractivity contribution is 0.122. The van der Waals surface area contributed by atoms with Crippen LogP contribution < -0.4 is 4.90 Å². The lowest BCUT2D eigenvalue weighted by Gasteiger charge is -2.27. The molecule has 0 aromatic carbocycles. The summed E-state index contributed by atoms with van der Waals surface area (Å²) >= 11 is 0. The molecule has 1 aliphatic rings. The second-order valence-corrected chi connectivity index (χ2v) is 2.98. The number of hydrogen-bond acceptors (Lipinski definition) is 3. The monoisotopic (exact) mass is 177 g/mol. The minimum absolute atomic E-state index is 0.612. The maximum atomic E-state index is 8.62. The van der Waals surface area contributed by atoms with Crippen molar-refractivity contribution in [3.8, 4) is 6.07 Å². The molecule has 0 spiro atoms. The molecule has 13 heavy (non-hydrogen) atoms. The molecule has 1 aromatic heterocycles. The molecule has 0 unspecified atom stereocenters. The summed E-state index contributed by atoms with van der Waals surface area (Å²) in [6, 6.07) is 3.94. The van der Waals surface area contributed by atoms with Crippen LogP contribution in [0.5, 0.6) is 0 Å². The van der Waals surface area contributed by atoms with Gasteiger partial charge in [-0.15, -0.1) is 0 Å². The van der Waals surface area contributed by atoms with E-state index in [0.29, 0.717) is 5.69 Å². The number of nitriles is 1. The van der Waals surface area contributed by atoms with E-state index in [1.165, 1.54) is 0 Å². The van der Waals surface area contributed by atoms with Gasteiger partial charge in [0.2, 0.25) is 0 Å². The first kappa shape index (κ1) is 8.14. The van der Waals surface area contributed by atoms with Crippen LogP contribution in [-0.2, 0) is 4.74 Å². The van der Waals surface area contributed by atoms with Gasteiger partial charge in [-0.25, -0.2) is 0 Å². The molecule has 4 heteroatoms. The largest absolute Gasteiger partial charge is 0.378 e. The number of morpholine rings is 1. The molecule has 1 fully saturated rings. The van der Waals surface area contributed by atoms with Crippen LogP contribution in [0.15, 0.2) is 12.3 Å². The third-order valence-corrected chi connectivity index (χ3v) is 2.16. The van der Waals surface area contributed by atoms with Crippen molar-refractivity contribution in [1.29, 1.82) is 5.26 Å². The van der Waals surface area contributed by atoms with Crippen molar-refractivity contribution in [3.05, 3.63) is 18.0 Å². The van der Waals surface area contributed by atoms with E-state index in [4.69, 9.17) is 10.00 Å². The number of anilines is 1. The van der Waals surface area contributed by atoms with E-state index in [-0.39, 0.29) is 0 Å². The quantitative estimate of drug-likeness (QED) is 0.687. The molecule has 1 aromatic rings. The van der Waals surface area contributed by atoms with E-state index in [2.05, 4.69) is 16.0 Å². The van der Waals surface area contributed by atoms with Gasteiger partial charge in [0, 0.05) is 19.3 Å². The van der Waals surface area contributed by atoms with Gasteiger partial charge in [-0.05, 0) is 6.07 Å². The van der Waals surface area contributed by atoms with Crippen molar-refractivity contribution >= 4 is 5.69 Å².